The van der Waals surface area contributed by atoms with Crippen LogP contribution >= 0.6 is 0 Å². The van der Waals surface area contributed by atoms with Crippen molar-refractivity contribution in [1.29, 1.82) is 10.5 Å². The number of sulfonamides is 1. The van der Waals surface area contributed by atoms with Crippen molar-refractivity contribution >= 4 is 10.0 Å². The topological polar surface area (TPSA) is 148 Å². The first-order valence-corrected chi connectivity index (χ1v) is 9.73. The zero-order valence-corrected chi connectivity index (χ0v) is 15.7. The quantitative estimate of drug-likeness (QED) is 0.697. The maximum absolute atomic E-state index is 13.8. The minimum Gasteiger partial charge on any atom is -0.486 e. The summed E-state index contributed by atoms with van der Waals surface area (Å²) in [7, 11) is -4.10. The standard InChI is InChI=1S/C18H15FN4O5S/c19-16-5-14(3-1-12(16)6-20)28-17-9-23(10-18(17,25)11-24)29(26,27)15-4-2-13(7-21)22-8-15/h1-5,8,17,24-25H,9-11H2/t17?,18-/m1/s1. The van der Waals surface area contributed by atoms with Crippen LogP contribution in [0.2, 0.25) is 0 Å². The largest absolute Gasteiger partial charge is 0.486 e. The summed E-state index contributed by atoms with van der Waals surface area (Å²) in [5, 5.41) is 37.8. The molecule has 3 rings (SSSR count). The molecule has 1 fully saturated rings. The van der Waals surface area contributed by atoms with Crippen LogP contribution in [0.15, 0.2) is 41.4 Å². The van der Waals surface area contributed by atoms with Crippen molar-refractivity contribution in [3.05, 3.63) is 53.6 Å². The van der Waals surface area contributed by atoms with Gasteiger partial charge in [-0.05, 0) is 24.3 Å². The summed E-state index contributed by atoms with van der Waals surface area (Å²) >= 11 is 0. The van der Waals surface area contributed by atoms with Crippen LogP contribution in [-0.2, 0) is 10.0 Å². The molecule has 11 heteroatoms. The van der Waals surface area contributed by atoms with E-state index in [0.29, 0.717) is 0 Å². The maximum atomic E-state index is 13.8. The molecule has 9 nitrogen and oxygen atoms in total. The van der Waals surface area contributed by atoms with E-state index in [-0.39, 0.29) is 28.4 Å². The van der Waals surface area contributed by atoms with Gasteiger partial charge in [0.1, 0.15) is 46.0 Å². The highest BCUT2D eigenvalue weighted by molar-refractivity contribution is 7.89. The van der Waals surface area contributed by atoms with Gasteiger partial charge in [0, 0.05) is 18.8 Å². The van der Waals surface area contributed by atoms with E-state index in [2.05, 4.69) is 4.98 Å². The molecule has 29 heavy (non-hydrogen) atoms. The number of aliphatic hydroxyl groups excluding tert-OH is 1. The molecule has 2 N–H and O–H groups in total. The molecule has 0 spiro atoms. The molecule has 1 unspecified atom stereocenters. The summed E-state index contributed by atoms with van der Waals surface area (Å²) in [4.78, 5) is 3.53. The van der Waals surface area contributed by atoms with Crippen LogP contribution in [-0.4, -0.2) is 59.3 Å². The van der Waals surface area contributed by atoms with Crippen molar-refractivity contribution in [2.24, 2.45) is 0 Å². The summed E-state index contributed by atoms with van der Waals surface area (Å²) in [6.45, 7) is -1.58. The van der Waals surface area contributed by atoms with Gasteiger partial charge in [0.2, 0.25) is 10.0 Å². The summed E-state index contributed by atoms with van der Waals surface area (Å²) in [5.41, 5.74) is -2.09. The molecule has 1 aromatic carbocycles. The molecule has 0 saturated carbocycles. The van der Waals surface area contributed by atoms with Gasteiger partial charge in [0.25, 0.3) is 0 Å². The van der Waals surface area contributed by atoms with Crippen molar-refractivity contribution in [1.82, 2.24) is 9.29 Å². The third-order valence-corrected chi connectivity index (χ3v) is 6.32. The lowest BCUT2D eigenvalue weighted by atomic mass is 10.0. The average molecular weight is 418 g/mol. The number of pyridine rings is 1. The highest BCUT2D eigenvalue weighted by atomic mass is 32.2. The molecule has 1 aliphatic heterocycles. The van der Waals surface area contributed by atoms with Crippen LogP contribution in [0.4, 0.5) is 4.39 Å². The average Bonchev–Trinajstić information content (AvgIpc) is 3.06. The van der Waals surface area contributed by atoms with Gasteiger partial charge in [-0.1, -0.05) is 0 Å². The van der Waals surface area contributed by atoms with Crippen molar-refractivity contribution in [2.75, 3.05) is 19.7 Å². The van der Waals surface area contributed by atoms with Crippen molar-refractivity contribution in [3.8, 4) is 17.9 Å². The van der Waals surface area contributed by atoms with E-state index in [9.17, 15) is 23.0 Å². The summed E-state index contributed by atoms with van der Waals surface area (Å²) in [6.07, 6.45) is -0.170. The molecule has 2 aromatic rings. The lowest BCUT2D eigenvalue weighted by Crippen LogP contribution is -2.48. The Kier molecular flexibility index (Phi) is 5.50. The monoisotopic (exact) mass is 418 g/mol. The highest BCUT2D eigenvalue weighted by Gasteiger charge is 2.50. The maximum Gasteiger partial charge on any atom is 0.244 e. The lowest BCUT2D eigenvalue weighted by Gasteiger charge is -2.27. The minimum absolute atomic E-state index is 0.0299. The van der Waals surface area contributed by atoms with Crippen molar-refractivity contribution < 1.29 is 27.8 Å². The van der Waals surface area contributed by atoms with Gasteiger partial charge in [-0.3, -0.25) is 0 Å². The number of β-amino-alcohol motifs (C(OH)–C–C–N with tert-alkyl or cyclic N) is 1. The number of aliphatic hydroxyl groups is 2. The van der Waals surface area contributed by atoms with Crippen LogP contribution in [0.25, 0.3) is 0 Å². The second-order valence-corrected chi connectivity index (χ2v) is 8.35. The Bertz CT molecular complexity index is 1110. The van der Waals surface area contributed by atoms with E-state index >= 15 is 0 Å². The van der Waals surface area contributed by atoms with E-state index in [4.69, 9.17) is 15.3 Å². The van der Waals surface area contributed by atoms with E-state index < -0.39 is 40.7 Å². The Labute approximate surface area is 165 Å². The van der Waals surface area contributed by atoms with E-state index in [1.54, 1.807) is 12.1 Å². The molecule has 150 valence electrons. The fraction of sp³-hybridized carbons (Fsp3) is 0.278. The summed E-state index contributed by atoms with van der Waals surface area (Å²) in [5.74, 6) is -0.860. The van der Waals surface area contributed by atoms with E-state index in [1.807, 2.05) is 0 Å². The number of aromatic nitrogens is 1. The van der Waals surface area contributed by atoms with Gasteiger partial charge in [-0.25, -0.2) is 17.8 Å². The number of nitriles is 2. The van der Waals surface area contributed by atoms with E-state index in [1.165, 1.54) is 24.3 Å². The predicted octanol–water partition coefficient (Wildman–Crippen LogP) is 0.139. The Morgan fingerprint density at radius 1 is 1.31 bits per heavy atom. The predicted molar refractivity (Wildman–Crippen MR) is 95.3 cm³/mol. The molecule has 0 radical (unpaired) electrons. The van der Waals surface area contributed by atoms with Gasteiger partial charge in [0.15, 0.2) is 0 Å². The Morgan fingerprint density at radius 2 is 2.07 bits per heavy atom. The minimum atomic E-state index is -4.10. The van der Waals surface area contributed by atoms with E-state index in [0.717, 1.165) is 16.6 Å². The Balaban J connectivity index is 1.86. The second kappa shape index (κ2) is 7.73. The number of hydrogen-bond acceptors (Lipinski definition) is 8. The first-order valence-electron chi connectivity index (χ1n) is 8.29. The van der Waals surface area contributed by atoms with Crippen molar-refractivity contribution in [3.63, 3.8) is 0 Å². The highest BCUT2D eigenvalue weighted by Crippen LogP contribution is 2.31. The fourth-order valence-electron chi connectivity index (χ4n) is 2.88. The Hall–Kier alpha value is -3.09. The van der Waals surface area contributed by atoms with Crippen LogP contribution in [0.5, 0.6) is 5.75 Å². The molecular weight excluding hydrogens is 403 g/mol. The third kappa shape index (κ3) is 3.90. The van der Waals surface area contributed by atoms with Gasteiger partial charge >= 0.3 is 0 Å². The van der Waals surface area contributed by atoms with Gasteiger partial charge in [-0.2, -0.15) is 14.8 Å². The number of benzene rings is 1. The number of ether oxygens (including phenoxy) is 1. The van der Waals surface area contributed by atoms with Crippen LogP contribution in [0.3, 0.4) is 0 Å². The number of nitrogens with zero attached hydrogens (tertiary/aromatic N) is 4. The van der Waals surface area contributed by atoms with Crippen LogP contribution < -0.4 is 4.74 Å². The van der Waals surface area contributed by atoms with Gasteiger partial charge in [0.05, 0.1) is 18.7 Å². The lowest BCUT2D eigenvalue weighted by molar-refractivity contribution is -0.0641. The number of rotatable bonds is 5. The number of hydrogen-bond donors (Lipinski definition) is 2. The van der Waals surface area contributed by atoms with Crippen LogP contribution in [0, 0.1) is 28.5 Å². The Morgan fingerprint density at radius 3 is 2.62 bits per heavy atom. The normalized spacial score (nSPS) is 22.0. The summed E-state index contributed by atoms with van der Waals surface area (Å²) < 4.78 is 45.9. The van der Waals surface area contributed by atoms with Gasteiger partial charge < -0.3 is 14.9 Å². The molecule has 0 amide bonds. The molecule has 2 atom stereocenters. The molecular formula is C18H15FN4O5S. The zero-order chi connectivity index (χ0) is 21.2. The second-order valence-electron chi connectivity index (χ2n) is 6.41. The molecule has 0 aliphatic carbocycles. The van der Waals surface area contributed by atoms with Crippen molar-refractivity contribution in [2.45, 2.75) is 16.6 Å². The van der Waals surface area contributed by atoms with Gasteiger partial charge in [-0.15, -0.1) is 0 Å². The number of halogens is 1. The molecule has 1 saturated heterocycles. The fourth-order valence-corrected chi connectivity index (χ4v) is 4.33. The first kappa shape index (κ1) is 20.6. The zero-order valence-electron chi connectivity index (χ0n) is 14.9. The molecule has 1 aliphatic rings. The summed E-state index contributed by atoms with van der Waals surface area (Å²) in [6, 6.07) is 9.34. The smallest absolute Gasteiger partial charge is 0.244 e. The molecule has 2 heterocycles. The SMILES string of the molecule is N#Cc1ccc(S(=O)(=O)N2CC(Oc3ccc(C#N)c(F)c3)[C@](O)(CO)C2)cn1. The first-order chi connectivity index (χ1) is 13.7. The third-order valence-electron chi connectivity index (χ3n) is 4.52. The molecule has 0 bridgehead atoms. The molecule has 1 aromatic heterocycles. The van der Waals surface area contributed by atoms with Crippen LogP contribution in [0.1, 0.15) is 11.3 Å².